The number of hydrogen-bond donors (Lipinski definition) is 1. The first kappa shape index (κ1) is 12.9. The lowest BCUT2D eigenvalue weighted by atomic mass is 9.91. The second kappa shape index (κ2) is 6.42. The van der Waals surface area contributed by atoms with Crippen LogP contribution in [0, 0.1) is 11.5 Å². The van der Waals surface area contributed by atoms with Crippen LogP contribution in [-0.2, 0) is 0 Å². The predicted octanol–water partition coefficient (Wildman–Crippen LogP) is 3.93. The molecule has 1 aliphatic carbocycles. The molecule has 0 unspecified atom stereocenters. The number of rotatable bonds is 4. The highest BCUT2D eigenvalue weighted by Gasteiger charge is 2.13. The Morgan fingerprint density at radius 1 is 1.37 bits per heavy atom. The van der Waals surface area contributed by atoms with Gasteiger partial charge in [-0.15, -0.1) is 6.58 Å². The summed E-state index contributed by atoms with van der Waals surface area (Å²) in [5, 5.41) is 11.6. The molecule has 0 fully saturated rings. The van der Waals surface area contributed by atoms with E-state index < -0.39 is 0 Å². The van der Waals surface area contributed by atoms with E-state index in [0.717, 1.165) is 24.1 Å². The molecule has 2 nitrogen and oxygen atoms in total. The van der Waals surface area contributed by atoms with Gasteiger partial charge in [0.25, 0.3) is 0 Å². The van der Waals surface area contributed by atoms with Gasteiger partial charge in [0.05, 0.1) is 5.70 Å². The highest BCUT2D eigenvalue weighted by Crippen LogP contribution is 2.30. The zero-order chi connectivity index (χ0) is 13.5. The van der Waals surface area contributed by atoms with Crippen LogP contribution in [0.1, 0.15) is 18.4 Å². The fraction of sp³-hybridized carbons (Fsp3) is 0.118. The molecule has 0 atom stereocenters. The van der Waals surface area contributed by atoms with Crippen molar-refractivity contribution in [1.29, 1.82) is 5.26 Å². The number of nitriles is 1. The summed E-state index contributed by atoms with van der Waals surface area (Å²) in [7, 11) is 0. The predicted molar refractivity (Wildman–Crippen MR) is 78.8 cm³/mol. The van der Waals surface area contributed by atoms with Gasteiger partial charge in [0.2, 0.25) is 0 Å². The SMILES string of the molecule is C=CCC(=C1CC=CC=C1NC#N)c1ccccc1. The quantitative estimate of drug-likeness (QED) is 0.498. The van der Waals surface area contributed by atoms with Crippen molar-refractivity contribution in [3.05, 3.63) is 78.0 Å². The highest BCUT2D eigenvalue weighted by atomic mass is 14.9. The summed E-state index contributed by atoms with van der Waals surface area (Å²) in [6.45, 7) is 3.83. The lowest BCUT2D eigenvalue weighted by Crippen LogP contribution is -2.11. The lowest BCUT2D eigenvalue weighted by Gasteiger charge is -2.17. The standard InChI is InChI=1S/C17H16N2/c1-2-8-15(14-9-4-3-5-10-14)16-11-6-7-12-17(16)19-13-18/h2-7,9-10,12,19H,1,8,11H2. The molecule has 1 aliphatic rings. The Bertz CT molecular complexity index is 583. The zero-order valence-electron chi connectivity index (χ0n) is 10.8. The van der Waals surface area contributed by atoms with Crippen LogP contribution in [-0.4, -0.2) is 0 Å². The summed E-state index contributed by atoms with van der Waals surface area (Å²) in [4.78, 5) is 0. The number of benzene rings is 1. The van der Waals surface area contributed by atoms with Gasteiger partial charge in [0.15, 0.2) is 6.19 Å². The Kier molecular flexibility index (Phi) is 4.36. The normalized spacial score (nSPS) is 16.3. The molecule has 0 radical (unpaired) electrons. The molecule has 0 aliphatic heterocycles. The molecule has 1 aromatic carbocycles. The van der Waals surface area contributed by atoms with E-state index in [2.05, 4.69) is 30.1 Å². The monoisotopic (exact) mass is 248 g/mol. The number of nitrogens with zero attached hydrogens (tertiary/aromatic N) is 1. The van der Waals surface area contributed by atoms with Crippen LogP contribution >= 0.6 is 0 Å². The van der Waals surface area contributed by atoms with E-state index in [4.69, 9.17) is 5.26 Å². The van der Waals surface area contributed by atoms with Gasteiger partial charge in [-0.1, -0.05) is 48.6 Å². The second-order valence-electron chi connectivity index (χ2n) is 4.27. The maximum Gasteiger partial charge on any atom is 0.181 e. The average Bonchev–Trinajstić information content (AvgIpc) is 2.47. The molecule has 0 saturated heterocycles. The minimum atomic E-state index is 0.789. The molecule has 0 heterocycles. The number of allylic oxidation sites excluding steroid dienone is 6. The molecule has 1 aromatic rings. The van der Waals surface area contributed by atoms with Crippen LogP contribution in [0.15, 0.2) is 72.5 Å². The molecular weight excluding hydrogens is 232 g/mol. The van der Waals surface area contributed by atoms with Gasteiger partial charge in [-0.3, -0.25) is 5.32 Å². The second-order valence-corrected chi connectivity index (χ2v) is 4.27. The third kappa shape index (κ3) is 3.02. The Morgan fingerprint density at radius 3 is 2.84 bits per heavy atom. The van der Waals surface area contributed by atoms with Crippen molar-refractivity contribution < 1.29 is 0 Å². The lowest BCUT2D eigenvalue weighted by molar-refractivity contribution is 1.02. The molecule has 0 aromatic heterocycles. The Morgan fingerprint density at radius 2 is 2.16 bits per heavy atom. The third-order valence-corrected chi connectivity index (χ3v) is 3.07. The Hall–Kier alpha value is -2.53. The minimum absolute atomic E-state index is 0.789. The van der Waals surface area contributed by atoms with Crippen molar-refractivity contribution in [3.8, 4) is 6.19 Å². The first-order valence-electron chi connectivity index (χ1n) is 6.27. The van der Waals surface area contributed by atoms with E-state index >= 15 is 0 Å². The van der Waals surface area contributed by atoms with Crippen molar-refractivity contribution in [3.63, 3.8) is 0 Å². The van der Waals surface area contributed by atoms with E-state index in [9.17, 15) is 0 Å². The molecule has 2 rings (SSSR count). The summed E-state index contributed by atoms with van der Waals surface area (Å²) in [6, 6.07) is 10.2. The summed E-state index contributed by atoms with van der Waals surface area (Å²) in [6.07, 6.45) is 11.5. The van der Waals surface area contributed by atoms with Crippen LogP contribution in [0.25, 0.3) is 5.57 Å². The van der Waals surface area contributed by atoms with Crippen molar-refractivity contribution in [2.24, 2.45) is 0 Å². The van der Waals surface area contributed by atoms with Crippen LogP contribution < -0.4 is 5.32 Å². The molecule has 19 heavy (non-hydrogen) atoms. The molecule has 0 amide bonds. The summed E-state index contributed by atoms with van der Waals surface area (Å²) < 4.78 is 0. The van der Waals surface area contributed by atoms with E-state index in [-0.39, 0.29) is 0 Å². The van der Waals surface area contributed by atoms with Gasteiger partial charge >= 0.3 is 0 Å². The molecule has 94 valence electrons. The van der Waals surface area contributed by atoms with Crippen molar-refractivity contribution >= 4 is 5.57 Å². The summed E-state index contributed by atoms with van der Waals surface area (Å²) in [5.74, 6) is 0. The molecular formula is C17H16N2. The van der Waals surface area contributed by atoms with Crippen LogP contribution in [0.2, 0.25) is 0 Å². The fourth-order valence-corrected chi connectivity index (χ4v) is 2.22. The van der Waals surface area contributed by atoms with Crippen molar-refractivity contribution in [1.82, 2.24) is 5.32 Å². The van der Waals surface area contributed by atoms with Crippen LogP contribution in [0.4, 0.5) is 0 Å². The van der Waals surface area contributed by atoms with Crippen molar-refractivity contribution in [2.75, 3.05) is 0 Å². The summed E-state index contributed by atoms with van der Waals surface area (Å²) >= 11 is 0. The van der Waals surface area contributed by atoms with Crippen LogP contribution in [0.3, 0.4) is 0 Å². The minimum Gasteiger partial charge on any atom is -0.293 e. The maximum absolute atomic E-state index is 8.85. The number of hydrogen-bond acceptors (Lipinski definition) is 2. The number of nitrogens with one attached hydrogen (secondary N) is 1. The van der Waals surface area contributed by atoms with Gasteiger partial charge in [-0.25, -0.2) is 0 Å². The van der Waals surface area contributed by atoms with E-state index in [0.29, 0.717) is 0 Å². The maximum atomic E-state index is 8.85. The first-order chi connectivity index (χ1) is 9.36. The third-order valence-electron chi connectivity index (χ3n) is 3.07. The van der Waals surface area contributed by atoms with E-state index in [1.807, 2.05) is 42.6 Å². The highest BCUT2D eigenvalue weighted by molar-refractivity contribution is 5.74. The average molecular weight is 248 g/mol. The van der Waals surface area contributed by atoms with E-state index in [1.54, 1.807) is 0 Å². The van der Waals surface area contributed by atoms with Gasteiger partial charge in [0.1, 0.15) is 0 Å². The summed E-state index contributed by atoms with van der Waals surface area (Å²) in [5.41, 5.74) is 4.44. The molecule has 0 spiro atoms. The van der Waals surface area contributed by atoms with Gasteiger partial charge < -0.3 is 0 Å². The molecule has 1 N–H and O–H groups in total. The Labute approximate surface area is 114 Å². The van der Waals surface area contributed by atoms with Gasteiger partial charge in [-0.2, -0.15) is 5.26 Å². The van der Waals surface area contributed by atoms with Gasteiger partial charge in [-0.05, 0) is 35.6 Å². The molecule has 2 heteroatoms. The first-order valence-corrected chi connectivity index (χ1v) is 6.27. The Balaban J connectivity index is 2.50. The van der Waals surface area contributed by atoms with E-state index in [1.165, 1.54) is 11.1 Å². The smallest absolute Gasteiger partial charge is 0.181 e. The van der Waals surface area contributed by atoms with Crippen molar-refractivity contribution in [2.45, 2.75) is 12.8 Å². The fourth-order valence-electron chi connectivity index (χ4n) is 2.22. The van der Waals surface area contributed by atoms with Crippen LogP contribution in [0.5, 0.6) is 0 Å². The molecule has 0 saturated carbocycles. The largest absolute Gasteiger partial charge is 0.293 e. The topological polar surface area (TPSA) is 35.8 Å². The molecule has 0 bridgehead atoms. The zero-order valence-corrected chi connectivity index (χ0v) is 10.8. The van der Waals surface area contributed by atoms with Gasteiger partial charge in [0, 0.05) is 0 Å².